The van der Waals surface area contributed by atoms with E-state index in [1.807, 2.05) is 6.07 Å². The lowest BCUT2D eigenvalue weighted by atomic mass is 10.2. The number of halogens is 2. The molecular weight excluding hydrogens is 242 g/mol. The first-order chi connectivity index (χ1) is 8.20. The summed E-state index contributed by atoms with van der Waals surface area (Å²) in [5, 5.41) is 0. The van der Waals surface area contributed by atoms with Crippen molar-refractivity contribution >= 4 is 18.0 Å². The number of aldehydes is 1. The van der Waals surface area contributed by atoms with Gasteiger partial charge in [-0.05, 0) is 24.3 Å². The van der Waals surface area contributed by atoms with E-state index < -0.39 is 11.6 Å². The largest absolute Gasteiger partial charge is 0.298 e. The molecule has 0 fully saturated rings. The minimum absolute atomic E-state index is 0.110. The maximum absolute atomic E-state index is 13.7. The van der Waals surface area contributed by atoms with Crippen LogP contribution >= 0.6 is 11.8 Å². The van der Waals surface area contributed by atoms with Gasteiger partial charge in [-0.3, -0.25) is 4.79 Å². The predicted octanol–water partition coefficient (Wildman–Crippen LogP) is 3.93. The normalized spacial score (nSPS) is 10.2. The number of carbonyl (C=O) groups excluding carboxylic acids is 1. The third-order valence-corrected chi connectivity index (χ3v) is 3.15. The van der Waals surface area contributed by atoms with E-state index in [0.29, 0.717) is 6.29 Å². The number of carbonyl (C=O) groups is 1. The second kappa shape index (κ2) is 5.10. The third-order valence-electron chi connectivity index (χ3n) is 2.13. The molecule has 2 aromatic rings. The molecule has 0 amide bonds. The average molecular weight is 250 g/mol. The molecule has 0 N–H and O–H groups in total. The van der Waals surface area contributed by atoms with Gasteiger partial charge in [-0.15, -0.1) is 0 Å². The zero-order chi connectivity index (χ0) is 12.3. The molecule has 0 saturated heterocycles. The first-order valence-corrected chi connectivity index (χ1v) is 5.69. The quantitative estimate of drug-likeness (QED) is 0.768. The van der Waals surface area contributed by atoms with Gasteiger partial charge in [-0.25, -0.2) is 8.78 Å². The first-order valence-electron chi connectivity index (χ1n) is 4.88. The van der Waals surface area contributed by atoms with Crippen molar-refractivity contribution in [3.05, 3.63) is 59.7 Å². The van der Waals surface area contributed by atoms with Crippen LogP contribution in [0.1, 0.15) is 10.4 Å². The lowest BCUT2D eigenvalue weighted by molar-refractivity contribution is 0.111. The molecule has 4 heteroatoms. The van der Waals surface area contributed by atoms with Gasteiger partial charge in [-0.2, -0.15) is 0 Å². The highest BCUT2D eigenvalue weighted by molar-refractivity contribution is 7.99. The fourth-order valence-electron chi connectivity index (χ4n) is 1.36. The summed E-state index contributed by atoms with van der Waals surface area (Å²) in [6, 6.07) is 11.0. The van der Waals surface area contributed by atoms with E-state index in [0.717, 1.165) is 28.8 Å². The van der Waals surface area contributed by atoms with Crippen LogP contribution in [0, 0.1) is 11.6 Å². The van der Waals surface area contributed by atoms with Crippen LogP contribution in [-0.4, -0.2) is 6.29 Å². The Morgan fingerprint density at radius 3 is 2.41 bits per heavy atom. The molecule has 0 saturated carbocycles. The minimum Gasteiger partial charge on any atom is -0.298 e. The summed E-state index contributed by atoms with van der Waals surface area (Å²) in [5.41, 5.74) is -0.261. The average Bonchev–Trinajstić information content (AvgIpc) is 2.34. The smallest absolute Gasteiger partial charge is 0.153 e. The van der Waals surface area contributed by atoms with Crippen molar-refractivity contribution in [3.8, 4) is 0 Å². The second-order valence-electron chi connectivity index (χ2n) is 3.34. The van der Waals surface area contributed by atoms with Crippen LogP contribution in [0.2, 0.25) is 0 Å². The Labute approximate surface area is 101 Å². The van der Waals surface area contributed by atoms with Crippen molar-refractivity contribution in [1.29, 1.82) is 0 Å². The van der Waals surface area contributed by atoms with Gasteiger partial charge in [0.1, 0.15) is 11.6 Å². The predicted molar refractivity (Wildman–Crippen MR) is 62.3 cm³/mol. The Hall–Kier alpha value is -1.68. The van der Waals surface area contributed by atoms with Gasteiger partial charge >= 0.3 is 0 Å². The minimum atomic E-state index is -0.685. The zero-order valence-electron chi connectivity index (χ0n) is 8.69. The van der Waals surface area contributed by atoms with Crippen molar-refractivity contribution < 1.29 is 13.6 Å². The van der Waals surface area contributed by atoms with E-state index in [1.165, 1.54) is 0 Å². The second-order valence-corrected chi connectivity index (χ2v) is 4.46. The highest BCUT2D eigenvalue weighted by Crippen LogP contribution is 2.31. The lowest BCUT2D eigenvalue weighted by Crippen LogP contribution is -1.93. The van der Waals surface area contributed by atoms with E-state index in [4.69, 9.17) is 0 Å². The Kier molecular flexibility index (Phi) is 3.54. The molecule has 0 aliphatic rings. The van der Waals surface area contributed by atoms with E-state index in [1.54, 1.807) is 24.3 Å². The number of hydrogen-bond acceptors (Lipinski definition) is 2. The van der Waals surface area contributed by atoms with Crippen LogP contribution < -0.4 is 0 Å². The van der Waals surface area contributed by atoms with Crippen molar-refractivity contribution in [1.82, 2.24) is 0 Å². The number of rotatable bonds is 3. The van der Waals surface area contributed by atoms with Gasteiger partial charge in [0.2, 0.25) is 0 Å². The Bertz CT molecular complexity index is 541. The fourth-order valence-corrected chi connectivity index (χ4v) is 2.29. The van der Waals surface area contributed by atoms with Crippen LogP contribution in [0.15, 0.2) is 52.3 Å². The fraction of sp³-hybridized carbons (Fsp3) is 0. The van der Waals surface area contributed by atoms with Crippen molar-refractivity contribution in [2.75, 3.05) is 0 Å². The van der Waals surface area contributed by atoms with Gasteiger partial charge in [0.05, 0.1) is 10.5 Å². The summed E-state index contributed by atoms with van der Waals surface area (Å²) < 4.78 is 26.9. The summed E-state index contributed by atoms with van der Waals surface area (Å²) in [5.74, 6) is -1.30. The van der Waals surface area contributed by atoms with Gasteiger partial charge in [0, 0.05) is 4.90 Å². The molecule has 0 radical (unpaired) electrons. The van der Waals surface area contributed by atoms with Crippen LogP contribution in [0.5, 0.6) is 0 Å². The molecule has 0 bridgehead atoms. The maximum Gasteiger partial charge on any atom is 0.153 e. The summed E-state index contributed by atoms with van der Waals surface area (Å²) in [6.45, 7) is 0. The molecule has 0 aliphatic carbocycles. The van der Waals surface area contributed by atoms with E-state index in [-0.39, 0.29) is 10.5 Å². The lowest BCUT2D eigenvalue weighted by Gasteiger charge is -2.05. The van der Waals surface area contributed by atoms with E-state index in [9.17, 15) is 13.6 Å². The molecule has 1 nitrogen and oxygen atoms in total. The van der Waals surface area contributed by atoms with Crippen LogP contribution in [0.3, 0.4) is 0 Å². The summed E-state index contributed by atoms with van der Waals surface area (Å²) >= 11 is 1.08. The molecule has 0 atom stereocenters. The number of hydrogen-bond donors (Lipinski definition) is 0. The molecule has 0 aromatic heterocycles. The molecule has 0 spiro atoms. The highest BCUT2D eigenvalue weighted by atomic mass is 32.2. The maximum atomic E-state index is 13.7. The molecule has 2 rings (SSSR count). The SMILES string of the molecule is O=Cc1cc(F)cc(Sc2ccccc2)c1F. The summed E-state index contributed by atoms with van der Waals surface area (Å²) in [6.07, 6.45) is 0.313. The monoisotopic (exact) mass is 250 g/mol. The van der Waals surface area contributed by atoms with E-state index in [2.05, 4.69) is 0 Å². The van der Waals surface area contributed by atoms with Gasteiger partial charge in [0.25, 0.3) is 0 Å². The summed E-state index contributed by atoms with van der Waals surface area (Å²) in [4.78, 5) is 11.5. The Morgan fingerprint density at radius 1 is 1.06 bits per heavy atom. The highest BCUT2D eigenvalue weighted by Gasteiger charge is 2.11. The first kappa shape index (κ1) is 11.8. The zero-order valence-corrected chi connectivity index (χ0v) is 9.51. The van der Waals surface area contributed by atoms with Crippen LogP contribution in [0.25, 0.3) is 0 Å². The Balaban J connectivity index is 2.39. The molecular formula is C13H8F2OS. The molecule has 2 aromatic carbocycles. The standard InChI is InChI=1S/C13H8F2OS/c14-10-6-9(8-16)13(15)12(7-10)17-11-4-2-1-3-5-11/h1-8H. The Morgan fingerprint density at radius 2 is 1.76 bits per heavy atom. The van der Waals surface area contributed by atoms with Crippen LogP contribution in [0.4, 0.5) is 8.78 Å². The van der Waals surface area contributed by atoms with Crippen molar-refractivity contribution in [2.45, 2.75) is 9.79 Å². The summed E-state index contributed by atoms with van der Waals surface area (Å²) in [7, 11) is 0. The topological polar surface area (TPSA) is 17.1 Å². The van der Waals surface area contributed by atoms with E-state index >= 15 is 0 Å². The van der Waals surface area contributed by atoms with Gasteiger partial charge in [-0.1, -0.05) is 30.0 Å². The molecule has 17 heavy (non-hydrogen) atoms. The van der Waals surface area contributed by atoms with Crippen molar-refractivity contribution in [2.24, 2.45) is 0 Å². The van der Waals surface area contributed by atoms with Gasteiger partial charge < -0.3 is 0 Å². The van der Waals surface area contributed by atoms with Crippen molar-refractivity contribution in [3.63, 3.8) is 0 Å². The molecule has 86 valence electrons. The van der Waals surface area contributed by atoms with Gasteiger partial charge in [0.15, 0.2) is 6.29 Å². The molecule has 0 aliphatic heterocycles. The third kappa shape index (κ3) is 2.71. The molecule has 0 unspecified atom stereocenters. The molecule has 0 heterocycles. The number of benzene rings is 2. The van der Waals surface area contributed by atoms with Crippen LogP contribution in [-0.2, 0) is 0 Å².